The van der Waals surface area contributed by atoms with Gasteiger partial charge >= 0.3 is 0 Å². The van der Waals surface area contributed by atoms with Gasteiger partial charge in [-0.2, -0.15) is 5.10 Å². The zero-order chi connectivity index (χ0) is 17.3. The molecule has 0 unspecified atom stereocenters. The average molecular weight is 349 g/mol. The molecule has 2 aromatic rings. The monoisotopic (exact) mass is 349 g/mol. The van der Waals surface area contributed by atoms with Crippen molar-refractivity contribution in [3.63, 3.8) is 0 Å². The van der Waals surface area contributed by atoms with Crippen LogP contribution in [-0.2, 0) is 21.9 Å². The van der Waals surface area contributed by atoms with E-state index in [9.17, 15) is 13.2 Å². The third-order valence-corrected chi connectivity index (χ3v) is 5.32. The number of amides is 1. The van der Waals surface area contributed by atoms with Crippen molar-refractivity contribution in [3.05, 3.63) is 42.2 Å². The van der Waals surface area contributed by atoms with E-state index >= 15 is 0 Å². The van der Waals surface area contributed by atoms with Crippen molar-refractivity contribution in [2.45, 2.75) is 24.2 Å². The molecule has 3 rings (SSSR count). The van der Waals surface area contributed by atoms with Crippen molar-refractivity contribution >= 4 is 15.9 Å². The maximum absolute atomic E-state index is 12.3. The molecule has 24 heavy (non-hydrogen) atoms. The number of aromatic nitrogens is 2. The van der Waals surface area contributed by atoms with Gasteiger partial charge in [0.15, 0.2) is 0 Å². The average Bonchev–Trinajstić information content (AvgIpc) is 3.23. The highest BCUT2D eigenvalue weighted by molar-refractivity contribution is 7.90. The maximum Gasteiger partial charge on any atom is 0.264 e. The minimum atomic E-state index is -3.87. The minimum Gasteiger partial charge on any atom is -0.494 e. The number of carbonyl (C=O) groups excluding carboxylic acids is 1. The summed E-state index contributed by atoms with van der Waals surface area (Å²) in [5.74, 6) is -0.180. The van der Waals surface area contributed by atoms with Gasteiger partial charge in [-0.1, -0.05) is 0 Å². The number of nitrogens with one attached hydrogen (secondary N) is 1. The first-order valence-electron chi connectivity index (χ1n) is 7.69. The largest absolute Gasteiger partial charge is 0.494 e. The van der Waals surface area contributed by atoms with Crippen molar-refractivity contribution < 1.29 is 17.9 Å². The molecule has 1 aromatic carbocycles. The van der Waals surface area contributed by atoms with E-state index in [1.54, 1.807) is 30.1 Å². The highest BCUT2D eigenvalue weighted by atomic mass is 32.2. The second-order valence-electron chi connectivity index (χ2n) is 5.77. The fourth-order valence-electron chi connectivity index (χ4n) is 2.63. The summed E-state index contributed by atoms with van der Waals surface area (Å²) in [6.07, 6.45) is 4.19. The number of hydrogen-bond acceptors (Lipinski definition) is 5. The quantitative estimate of drug-likeness (QED) is 0.852. The summed E-state index contributed by atoms with van der Waals surface area (Å²) in [6, 6.07) is 5.98. The van der Waals surface area contributed by atoms with Gasteiger partial charge < -0.3 is 4.74 Å². The first-order valence-corrected chi connectivity index (χ1v) is 9.17. The molecule has 1 heterocycles. The molecule has 1 aromatic heterocycles. The molecule has 0 aliphatic heterocycles. The number of sulfonamides is 1. The van der Waals surface area contributed by atoms with E-state index < -0.39 is 15.9 Å². The Morgan fingerprint density at radius 2 is 2.08 bits per heavy atom. The Labute approximate surface area is 140 Å². The lowest BCUT2D eigenvalue weighted by Crippen LogP contribution is -2.32. The van der Waals surface area contributed by atoms with Crippen LogP contribution in [0.5, 0.6) is 5.75 Å². The molecule has 1 N–H and O–H groups in total. The Morgan fingerprint density at radius 3 is 2.67 bits per heavy atom. The second-order valence-corrected chi connectivity index (χ2v) is 7.45. The van der Waals surface area contributed by atoms with Gasteiger partial charge in [0, 0.05) is 19.2 Å². The van der Waals surface area contributed by atoms with Gasteiger partial charge in [-0.25, -0.2) is 13.1 Å². The standard InChI is InChI=1S/C16H19N3O4S/c1-3-23-12-4-6-13(7-5-12)24(21,22)18-16(20)15-8-14(15)11-9-17-19(2)10-11/h4-7,9-10,14-15H,3,8H2,1-2H3,(H,18,20)/t14-,15+/m1/s1. The number of ether oxygens (including phenoxy) is 1. The van der Waals surface area contributed by atoms with Gasteiger partial charge in [0.2, 0.25) is 5.91 Å². The number of carbonyl (C=O) groups is 1. The summed E-state index contributed by atoms with van der Waals surface area (Å²) in [7, 11) is -2.07. The molecule has 0 spiro atoms. The van der Waals surface area contributed by atoms with Crippen molar-refractivity contribution in [1.82, 2.24) is 14.5 Å². The van der Waals surface area contributed by atoms with E-state index in [0.717, 1.165) is 5.56 Å². The normalized spacial score (nSPS) is 19.8. The van der Waals surface area contributed by atoms with Crippen LogP contribution >= 0.6 is 0 Å². The van der Waals surface area contributed by atoms with E-state index in [4.69, 9.17) is 4.74 Å². The minimum absolute atomic E-state index is 0.0363. The smallest absolute Gasteiger partial charge is 0.264 e. The fourth-order valence-corrected chi connectivity index (χ4v) is 3.66. The summed E-state index contributed by atoms with van der Waals surface area (Å²) >= 11 is 0. The molecule has 1 saturated carbocycles. The summed E-state index contributed by atoms with van der Waals surface area (Å²) < 4.78 is 33.7. The second kappa shape index (κ2) is 6.27. The highest BCUT2D eigenvalue weighted by Gasteiger charge is 2.45. The molecule has 1 aliphatic rings. The van der Waals surface area contributed by atoms with Crippen LogP contribution in [0.2, 0.25) is 0 Å². The van der Waals surface area contributed by atoms with Crippen LogP contribution in [0.3, 0.4) is 0 Å². The van der Waals surface area contributed by atoms with E-state index in [-0.39, 0.29) is 16.7 Å². The number of aryl methyl sites for hydroxylation is 1. The van der Waals surface area contributed by atoms with Crippen molar-refractivity contribution in [3.8, 4) is 5.75 Å². The maximum atomic E-state index is 12.3. The third-order valence-electron chi connectivity index (χ3n) is 3.96. The molecule has 0 saturated heterocycles. The molecule has 0 radical (unpaired) electrons. The highest BCUT2D eigenvalue weighted by Crippen LogP contribution is 2.47. The number of hydrogen-bond donors (Lipinski definition) is 1. The Morgan fingerprint density at radius 1 is 1.38 bits per heavy atom. The van der Waals surface area contributed by atoms with Crippen LogP contribution in [-0.4, -0.2) is 30.7 Å². The molecule has 8 heteroatoms. The summed E-state index contributed by atoms with van der Waals surface area (Å²) in [5.41, 5.74) is 0.955. The number of nitrogens with zero attached hydrogens (tertiary/aromatic N) is 2. The van der Waals surface area contributed by atoms with E-state index in [1.807, 2.05) is 13.1 Å². The Balaban J connectivity index is 1.65. The Bertz CT molecular complexity index is 842. The SMILES string of the molecule is CCOc1ccc(S(=O)(=O)NC(=O)[C@H]2C[C@@H]2c2cnn(C)c2)cc1. The lowest BCUT2D eigenvalue weighted by molar-refractivity contribution is -0.120. The molecular formula is C16H19N3O4S. The molecule has 1 aliphatic carbocycles. The lowest BCUT2D eigenvalue weighted by Gasteiger charge is -2.08. The lowest BCUT2D eigenvalue weighted by atomic mass is 10.2. The summed E-state index contributed by atoms with van der Waals surface area (Å²) in [4.78, 5) is 12.3. The third kappa shape index (κ3) is 3.43. The van der Waals surface area contributed by atoms with Gasteiger partial charge in [0.25, 0.3) is 10.0 Å². The van der Waals surface area contributed by atoms with Crippen LogP contribution in [0, 0.1) is 5.92 Å². The zero-order valence-electron chi connectivity index (χ0n) is 13.5. The van der Waals surface area contributed by atoms with Gasteiger partial charge in [0.05, 0.1) is 17.7 Å². The van der Waals surface area contributed by atoms with Crippen LogP contribution in [0.25, 0.3) is 0 Å². The molecule has 2 atom stereocenters. The number of rotatable bonds is 6. The van der Waals surface area contributed by atoms with Gasteiger partial charge in [-0.15, -0.1) is 0 Å². The Hall–Kier alpha value is -2.35. The summed E-state index contributed by atoms with van der Waals surface area (Å²) in [5, 5.41) is 4.07. The Kier molecular flexibility index (Phi) is 4.31. The molecule has 1 fully saturated rings. The molecule has 1 amide bonds. The molecule has 0 bridgehead atoms. The van der Waals surface area contributed by atoms with Gasteiger partial charge in [-0.05, 0) is 49.1 Å². The van der Waals surface area contributed by atoms with Crippen LogP contribution < -0.4 is 9.46 Å². The summed E-state index contributed by atoms with van der Waals surface area (Å²) in [6.45, 7) is 2.35. The van der Waals surface area contributed by atoms with E-state index in [1.165, 1.54) is 12.1 Å². The van der Waals surface area contributed by atoms with Crippen molar-refractivity contribution in [2.24, 2.45) is 13.0 Å². The first kappa shape index (κ1) is 16.5. The zero-order valence-corrected chi connectivity index (χ0v) is 14.3. The van der Waals surface area contributed by atoms with E-state index in [2.05, 4.69) is 9.82 Å². The van der Waals surface area contributed by atoms with Crippen LogP contribution in [0.15, 0.2) is 41.6 Å². The molecule has 7 nitrogen and oxygen atoms in total. The van der Waals surface area contributed by atoms with Gasteiger partial charge in [-0.3, -0.25) is 9.48 Å². The molecule has 128 valence electrons. The fraction of sp³-hybridized carbons (Fsp3) is 0.375. The topological polar surface area (TPSA) is 90.3 Å². The van der Waals surface area contributed by atoms with Crippen molar-refractivity contribution in [2.75, 3.05) is 6.61 Å². The van der Waals surface area contributed by atoms with Crippen LogP contribution in [0.1, 0.15) is 24.8 Å². The van der Waals surface area contributed by atoms with Crippen molar-refractivity contribution in [1.29, 1.82) is 0 Å². The van der Waals surface area contributed by atoms with Gasteiger partial charge in [0.1, 0.15) is 5.75 Å². The van der Waals surface area contributed by atoms with Crippen LogP contribution in [0.4, 0.5) is 0 Å². The number of benzene rings is 1. The predicted molar refractivity (Wildman–Crippen MR) is 87.0 cm³/mol. The first-order chi connectivity index (χ1) is 11.4. The van der Waals surface area contributed by atoms with E-state index in [0.29, 0.717) is 18.8 Å². The molecular weight excluding hydrogens is 330 g/mol. The predicted octanol–water partition coefficient (Wildman–Crippen LogP) is 1.43.